The van der Waals surface area contributed by atoms with E-state index in [1.807, 2.05) is 4.90 Å². The molecule has 2 fully saturated rings. The number of piperidine rings is 1. The lowest BCUT2D eigenvalue weighted by atomic mass is 9.97. The number of morpholine rings is 1. The fourth-order valence-electron chi connectivity index (χ4n) is 3.72. The van der Waals surface area contributed by atoms with E-state index in [1.165, 1.54) is 6.07 Å². The highest BCUT2D eigenvalue weighted by atomic mass is 35.5. The lowest BCUT2D eigenvalue weighted by Gasteiger charge is -2.37. The Labute approximate surface area is 153 Å². The predicted octanol–water partition coefficient (Wildman–Crippen LogP) is 3.50. The first-order valence-electron chi connectivity index (χ1n) is 9.13. The molecule has 0 spiro atoms. The second kappa shape index (κ2) is 8.47. The predicted molar refractivity (Wildman–Crippen MR) is 96.7 cm³/mol. The van der Waals surface area contributed by atoms with Crippen molar-refractivity contribution >= 4 is 17.5 Å². The number of nitrogens with zero attached hydrogens (tertiary/aromatic N) is 2. The van der Waals surface area contributed by atoms with E-state index in [4.69, 9.17) is 16.3 Å². The van der Waals surface area contributed by atoms with Crippen molar-refractivity contribution < 1.29 is 13.9 Å². The Morgan fingerprint density at radius 1 is 1.28 bits per heavy atom. The molecule has 1 atom stereocenters. The standard InChI is InChI=1S/C19H26ClFN2O2/c1-14-5-6-16(21)17(18(14)20)19(24)23-8-3-2-4-15(23)7-9-22-10-12-25-13-11-22/h5-6,15H,2-4,7-13H2,1H3/t15-/m0/s1. The van der Waals surface area contributed by atoms with Crippen LogP contribution in [-0.2, 0) is 4.74 Å². The van der Waals surface area contributed by atoms with Crippen LogP contribution >= 0.6 is 11.6 Å². The maximum atomic E-state index is 14.3. The molecule has 1 aromatic rings. The molecule has 2 saturated heterocycles. The van der Waals surface area contributed by atoms with Crippen LogP contribution in [0.15, 0.2) is 12.1 Å². The van der Waals surface area contributed by atoms with Crippen molar-refractivity contribution in [3.8, 4) is 0 Å². The molecule has 0 aromatic heterocycles. The minimum Gasteiger partial charge on any atom is -0.379 e. The van der Waals surface area contributed by atoms with Crippen molar-refractivity contribution in [2.24, 2.45) is 0 Å². The Kier molecular flexibility index (Phi) is 6.31. The molecule has 1 amide bonds. The zero-order chi connectivity index (χ0) is 17.8. The third kappa shape index (κ3) is 4.33. The number of hydrogen-bond donors (Lipinski definition) is 0. The summed E-state index contributed by atoms with van der Waals surface area (Å²) in [7, 11) is 0. The third-order valence-electron chi connectivity index (χ3n) is 5.27. The summed E-state index contributed by atoms with van der Waals surface area (Å²) in [4.78, 5) is 17.2. The summed E-state index contributed by atoms with van der Waals surface area (Å²) >= 11 is 6.25. The molecule has 0 unspecified atom stereocenters. The van der Waals surface area contributed by atoms with Gasteiger partial charge in [-0.25, -0.2) is 4.39 Å². The molecule has 0 saturated carbocycles. The van der Waals surface area contributed by atoms with Crippen LogP contribution in [0.25, 0.3) is 0 Å². The van der Waals surface area contributed by atoms with Crippen LogP contribution in [0, 0.1) is 12.7 Å². The molecule has 138 valence electrons. The molecule has 2 heterocycles. The van der Waals surface area contributed by atoms with Crippen molar-refractivity contribution in [1.29, 1.82) is 0 Å². The number of rotatable bonds is 4. The lowest BCUT2D eigenvalue weighted by molar-refractivity contribution is 0.0295. The van der Waals surface area contributed by atoms with E-state index in [0.717, 1.165) is 64.1 Å². The van der Waals surface area contributed by atoms with Crippen molar-refractivity contribution in [2.45, 2.75) is 38.6 Å². The van der Waals surface area contributed by atoms with Gasteiger partial charge in [-0.3, -0.25) is 9.69 Å². The van der Waals surface area contributed by atoms with Crippen molar-refractivity contribution in [3.63, 3.8) is 0 Å². The van der Waals surface area contributed by atoms with Gasteiger partial charge in [-0.15, -0.1) is 0 Å². The van der Waals surface area contributed by atoms with Crippen LogP contribution in [0.1, 0.15) is 41.6 Å². The van der Waals surface area contributed by atoms with E-state index >= 15 is 0 Å². The zero-order valence-electron chi connectivity index (χ0n) is 14.8. The molecule has 4 nitrogen and oxygen atoms in total. The number of amides is 1. The molecule has 25 heavy (non-hydrogen) atoms. The largest absolute Gasteiger partial charge is 0.379 e. The highest BCUT2D eigenvalue weighted by Crippen LogP contribution is 2.28. The number of likely N-dealkylation sites (tertiary alicyclic amines) is 1. The van der Waals surface area contributed by atoms with Gasteiger partial charge in [-0.1, -0.05) is 17.7 Å². The second-order valence-electron chi connectivity index (χ2n) is 6.94. The van der Waals surface area contributed by atoms with E-state index in [9.17, 15) is 9.18 Å². The number of hydrogen-bond acceptors (Lipinski definition) is 3. The van der Waals surface area contributed by atoms with Crippen LogP contribution in [0.4, 0.5) is 4.39 Å². The molecule has 2 aliphatic heterocycles. The minimum atomic E-state index is -0.530. The molecule has 0 bridgehead atoms. The average molecular weight is 369 g/mol. The summed E-state index contributed by atoms with van der Waals surface area (Å²) in [5.41, 5.74) is 0.758. The van der Waals surface area contributed by atoms with E-state index in [-0.39, 0.29) is 22.5 Å². The molecular weight excluding hydrogens is 343 g/mol. The SMILES string of the molecule is Cc1ccc(F)c(C(=O)N2CCCC[C@H]2CCN2CCOCC2)c1Cl. The smallest absolute Gasteiger partial charge is 0.258 e. The summed E-state index contributed by atoms with van der Waals surface area (Å²) in [5, 5.41) is 0.238. The first-order valence-corrected chi connectivity index (χ1v) is 9.51. The normalized spacial score (nSPS) is 22.2. The van der Waals surface area contributed by atoms with Crippen LogP contribution in [0.3, 0.4) is 0 Å². The first kappa shape index (κ1) is 18.6. The van der Waals surface area contributed by atoms with E-state index < -0.39 is 5.82 Å². The Bertz CT molecular complexity index is 620. The van der Waals surface area contributed by atoms with Gasteiger partial charge in [-0.05, 0) is 44.2 Å². The number of carbonyl (C=O) groups excluding carboxylic acids is 1. The Morgan fingerprint density at radius 3 is 2.80 bits per heavy atom. The second-order valence-corrected chi connectivity index (χ2v) is 7.32. The Balaban J connectivity index is 1.72. The number of halogens is 2. The van der Waals surface area contributed by atoms with Crippen LogP contribution in [0.5, 0.6) is 0 Å². The summed E-state index contributed by atoms with van der Waals surface area (Å²) in [6, 6.07) is 3.10. The summed E-state index contributed by atoms with van der Waals surface area (Å²) in [5.74, 6) is -0.795. The monoisotopic (exact) mass is 368 g/mol. The molecule has 1 aromatic carbocycles. The van der Waals surface area contributed by atoms with Gasteiger partial charge in [0.15, 0.2) is 0 Å². The van der Waals surface area contributed by atoms with Gasteiger partial charge in [0.25, 0.3) is 5.91 Å². The van der Waals surface area contributed by atoms with Crippen molar-refractivity contribution in [1.82, 2.24) is 9.80 Å². The van der Waals surface area contributed by atoms with Crippen LogP contribution in [-0.4, -0.2) is 61.1 Å². The molecule has 0 N–H and O–H groups in total. The molecule has 0 aliphatic carbocycles. The Hall–Kier alpha value is -1.17. The topological polar surface area (TPSA) is 32.8 Å². The van der Waals surface area contributed by atoms with Gasteiger partial charge in [0.2, 0.25) is 0 Å². The van der Waals surface area contributed by atoms with E-state index in [0.29, 0.717) is 6.54 Å². The minimum absolute atomic E-state index is 0.0277. The number of benzene rings is 1. The van der Waals surface area contributed by atoms with Gasteiger partial charge in [-0.2, -0.15) is 0 Å². The number of aryl methyl sites for hydroxylation is 1. The highest BCUT2D eigenvalue weighted by molar-refractivity contribution is 6.34. The van der Waals surface area contributed by atoms with E-state index in [2.05, 4.69) is 4.90 Å². The summed E-state index contributed by atoms with van der Waals surface area (Å²) in [6.07, 6.45) is 3.96. The lowest BCUT2D eigenvalue weighted by Crippen LogP contribution is -2.46. The highest BCUT2D eigenvalue weighted by Gasteiger charge is 2.31. The van der Waals surface area contributed by atoms with Gasteiger partial charge in [0.05, 0.1) is 23.8 Å². The maximum absolute atomic E-state index is 14.3. The quantitative estimate of drug-likeness (QED) is 0.815. The van der Waals surface area contributed by atoms with Crippen molar-refractivity contribution in [2.75, 3.05) is 39.4 Å². The average Bonchev–Trinajstić information content (AvgIpc) is 2.64. The number of ether oxygens (including phenoxy) is 1. The van der Waals surface area contributed by atoms with Gasteiger partial charge < -0.3 is 9.64 Å². The molecular formula is C19H26ClFN2O2. The van der Waals surface area contributed by atoms with Gasteiger partial charge >= 0.3 is 0 Å². The fourth-order valence-corrected chi connectivity index (χ4v) is 3.95. The molecule has 3 rings (SSSR count). The zero-order valence-corrected chi connectivity index (χ0v) is 15.5. The van der Waals surface area contributed by atoms with Gasteiger partial charge in [0, 0.05) is 32.2 Å². The van der Waals surface area contributed by atoms with Crippen LogP contribution < -0.4 is 0 Å². The first-order chi connectivity index (χ1) is 12.1. The summed E-state index contributed by atoms with van der Waals surface area (Å²) in [6.45, 7) is 6.86. The van der Waals surface area contributed by atoms with Crippen molar-refractivity contribution in [3.05, 3.63) is 34.1 Å². The van der Waals surface area contributed by atoms with Gasteiger partial charge in [0.1, 0.15) is 5.82 Å². The maximum Gasteiger partial charge on any atom is 0.258 e. The molecule has 6 heteroatoms. The van der Waals surface area contributed by atoms with E-state index in [1.54, 1.807) is 13.0 Å². The number of carbonyl (C=O) groups is 1. The third-order valence-corrected chi connectivity index (χ3v) is 5.76. The molecule has 2 aliphatic rings. The van der Waals surface area contributed by atoms with Crippen LogP contribution in [0.2, 0.25) is 5.02 Å². The Morgan fingerprint density at radius 2 is 2.04 bits per heavy atom. The molecule has 0 radical (unpaired) electrons. The summed E-state index contributed by atoms with van der Waals surface area (Å²) < 4.78 is 19.7. The fraction of sp³-hybridized carbons (Fsp3) is 0.632.